The Morgan fingerprint density at radius 3 is 2.88 bits per heavy atom. The van der Waals surface area contributed by atoms with Gasteiger partial charge in [-0.05, 0) is 32.2 Å². The molecule has 1 aliphatic carbocycles. The van der Waals surface area contributed by atoms with Gasteiger partial charge in [0.25, 0.3) is 0 Å². The lowest BCUT2D eigenvalue weighted by atomic mass is 10.2. The van der Waals surface area contributed by atoms with Crippen molar-refractivity contribution in [1.82, 2.24) is 15.5 Å². The molecule has 1 saturated carbocycles. The molecule has 0 aromatic heterocycles. The zero-order valence-electron chi connectivity index (χ0n) is 10.1. The second kappa shape index (κ2) is 6.21. The topological polar surface area (TPSA) is 61.4 Å². The third-order valence-electron chi connectivity index (χ3n) is 3.23. The zero-order chi connectivity index (χ0) is 11.5. The number of carbonyl (C=O) groups excluding carboxylic acids is 2. The predicted octanol–water partition coefficient (Wildman–Crippen LogP) is -0.245. The van der Waals surface area contributed by atoms with Gasteiger partial charge in [-0.15, -0.1) is 12.4 Å². The summed E-state index contributed by atoms with van der Waals surface area (Å²) in [7, 11) is 0. The van der Waals surface area contributed by atoms with Crippen LogP contribution >= 0.6 is 12.4 Å². The summed E-state index contributed by atoms with van der Waals surface area (Å²) < 4.78 is 0. The molecular weight excluding hydrogens is 242 g/mol. The molecule has 1 aliphatic heterocycles. The van der Waals surface area contributed by atoms with E-state index in [1.165, 1.54) is 12.8 Å². The first-order valence-electron chi connectivity index (χ1n) is 5.96. The molecule has 6 heteroatoms. The van der Waals surface area contributed by atoms with Crippen molar-refractivity contribution in [2.24, 2.45) is 5.92 Å². The van der Waals surface area contributed by atoms with E-state index in [0.717, 1.165) is 12.5 Å². The molecule has 0 aromatic carbocycles. The second-order valence-corrected chi connectivity index (χ2v) is 4.63. The summed E-state index contributed by atoms with van der Waals surface area (Å²) in [5, 5.41) is 5.90. The SMILES string of the molecule is CC1C(=O)NCCN1C(=O)CNCC1CC1.Cl. The molecule has 0 radical (unpaired) electrons. The van der Waals surface area contributed by atoms with Gasteiger partial charge in [0.1, 0.15) is 6.04 Å². The van der Waals surface area contributed by atoms with Crippen molar-refractivity contribution in [3.8, 4) is 0 Å². The monoisotopic (exact) mass is 261 g/mol. The lowest BCUT2D eigenvalue weighted by Crippen LogP contribution is -2.57. The van der Waals surface area contributed by atoms with Crippen LogP contribution in [0.4, 0.5) is 0 Å². The molecule has 2 fully saturated rings. The van der Waals surface area contributed by atoms with E-state index in [-0.39, 0.29) is 30.3 Å². The second-order valence-electron chi connectivity index (χ2n) is 4.63. The number of hydrogen-bond acceptors (Lipinski definition) is 3. The molecule has 98 valence electrons. The van der Waals surface area contributed by atoms with E-state index in [9.17, 15) is 9.59 Å². The molecule has 1 saturated heterocycles. The molecule has 5 nitrogen and oxygen atoms in total. The Hall–Kier alpha value is -0.810. The quantitative estimate of drug-likeness (QED) is 0.734. The molecular formula is C11H20ClN3O2. The van der Waals surface area contributed by atoms with Crippen molar-refractivity contribution in [3.05, 3.63) is 0 Å². The van der Waals surface area contributed by atoms with Gasteiger partial charge in [-0.2, -0.15) is 0 Å². The van der Waals surface area contributed by atoms with Crippen LogP contribution in [0.15, 0.2) is 0 Å². The fourth-order valence-electron chi connectivity index (χ4n) is 1.93. The molecule has 1 atom stereocenters. The summed E-state index contributed by atoms with van der Waals surface area (Å²) in [6.07, 6.45) is 2.56. The first-order chi connectivity index (χ1) is 7.68. The number of amides is 2. The van der Waals surface area contributed by atoms with Gasteiger partial charge in [0.05, 0.1) is 6.54 Å². The van der Waals surface area contributed by atoms with Gasteiger partial charge in [0.15, 0.2) is 0 Å². The Kier molecular flexibility index (Phi) is 5.21. The Labute approximate surface area is 108 Å². The van der Waals surface area contributed by atoms with E-state index in [1.807, 2.05) is 0 Å². The number of hydrogen-bond donors (Lipinski definition) is 2. The lowest BCUT2D eigenvalue weighted by Gasteiger charge is -2.32. The van der Waals surface area contributed by atoms with Crippen LogP contribution in [0.1, 0.15) is 19.8 Å². The van der Waals surface area contributed by atoms with E-state index >= 15 is 0 Å². The minimum atomic E-state index is -0.330. The van der Waals surface area contributed by atoms with Crippen molar-refractivity contribution in [2.45, 2.75) is 25.8 Å². The smallest absolute Gasteiger partial charge is 0.242 e. The summed E-state index contributed by atoms with van der Waals surface area (Å²) >= 11 is 0. The summed E-state index contributed by atoms with van der Waals surface area (Å²) in [6, 6.07) is -0.330. The number of nitrogens with one attached hydrogen (secondary N) is 2. The van der Waals surface area contributed by atoms with Crippen molar-refractivity contribution in [2.75, 3.05) is 26.2 Å². The molecule has 1 unspecified atom stereocenters. The average Bonchev–Trinajstić information content (AvgIpc) is 3.06. The first-order valence-corrected chi connectivity index (χ1v) is 5.96. The number of piperazine rings is 1. The molecule has 17 heavy (non-hydrogen) atoms. The number of nitrogens with zero attached hydrogens (tertiary/aromatic N) is 1. The fourth-order valence-corrected chi connectivity index (χ4v) is 1.93. The normalized spacial score (nSPS) is 23.9. The summed E-state index contributed by atoms with van der Waals surface area (Å²) in [5.41, 5.74) is 0. The van der Waals surface area contributed by atoms with Gasteiger partial charge < -0.3 is 15.5 Å². The van der Waals surface area contributed by atoms with Crippen LogP contribution in [0, 0.1) is 5.92 Å². The number of halogens is 1. The van der Waals surface area contributed by atoms with Crippen LogP contribution in [0.5, 0.6) is 0 Å². The summed E-state index contributed by atoms with van der Waals surface area (Å²) in [5.74, 6) is 0.750. The van der Waals surface area contributed by atoms with Crippen molar-refractivity contribution >= 4 is 24.2 Å². The van der Waals surface area contributed by atoms with E-state index in [1.54, 1.807) is 11.8 Å². The Bertz CT molecular complexity index is 294. The molecule has 0 spiro atoms. The van der Waals surface area contributed by atoms with Gasteiger partial charge in [-0.3, -0.25) is 9.59 Å². The predicted molar refractivity (Wildman–Crippen MR) is 67.0 cm³/mol. The zero-order valence-corrected chi connectivity index (χ0v) is 10.9. The maximum atomic E-state index is 11.8. The van der Waals surface area contributed by atoms with Gasteiger partial charge >= 0.3 is 0 Å². The van der Waals surface area contributed by atoms with Crippen molar-refractivity contribution < 1.29 is 9.59 Å². The average molecular weight is 262 g/mol. The van der Waals surface area contributed by atoms with E-state index in [0.29, 0.717) is 19.6 Å². The summed E-state index contributed by atoms with van der Waals surface area (Å²) in [6.45, 7) is 4.25. The van der Waals surface area contributed by atoms with E-state index in [4.69, 9.17) is 0 Å². The van der Waals surface area contributed by atoms with Crippen LogP contribution in [-0.2, 0) is 9.59 Å². The third kappa shape index (κ3) is 3.85. The van der Waals surface area contributed by atoms with Crippen LogP contribution in [0.2, 0.25) is 0 Å². The fraction of sp³-hybridized carbons (Fsp3) is 0.818. The van der Waals surface area contributed by atoms with Crippen molar-refractivity contribution in [1.29, 1.82) is 0 Å². The summed E-state index contributed by atoms with van der Waals surface area (Å²) in [4.78, 5) is 24.9. The van der Waals surface area contributed by atoms with Gasteiger partial charge in [-0.1, -0.05) is 0 Å². The highest BCUT2D eigenvalue weighted by Gasteiger charge is 2.29. The van der Waals surface area contributed by atoms with Crippen LogP contribution in [0.3, 0.4) is 0 Å². The van der Waals surface area contributed by atoms with Crippen molar-refractivity contribution in [3.63, 3.8) is 0 Å². The lowest BCUT2D eigenvalue weighted by molar-refractivity contribution is -0.141. The van der Waals surface area contributed by atoms with Gasteiger partial charge in [-0.25, -0.2) is 0 Å². The van der Waals surface area contributed by atoms with Crippen LogP contribution in [-0.4, -0.2) is 48.9 Å². The highest BCUT2D eigenvalue weighted by atomic mass is 35.5. The highest BCUT2D eigenvalue weighted by molar-refractivity contribution is 5.89. The highest BCUT2D eigenvalue weighted by Crippen LogP contribution is 2.27. The molecule has 2 amide bonds. The molecule has 2 aliphatic rings. The Balaban J connectivity index is 0.00000144. The first kappa shape index (κ1) is 14.3. The number of carbonyl (C=O) groups is 2. The van der Waals surface area contributed by atoms with Crippen LogP contribution < -0.4 is 10.6 Å². The van der Waals surface area contributed by atoms with Crippen LogP contribution in [0.25, 0.3) is 0 Å². The third-order valence-corrected chi connectivity index (χ3v) is 3.23. The Morgan fingerprint density at radius 2 is 2.24 bits per heavy atom. The molecule has 0 aromatic rings. The Morgan fingerprint density at radius 1 is 1.53 bits per heavy atom. The minimum Gasteiger partial charge on any atom is -0.353 e. The largest absolute Gasteiger partial charge is 0.353 e. The number of rotatable bonds is 4. The minimum absolute atomic E-state index is 0. The maximum Gasteiger partial charge on any atom is 0.242 e. The molecule has 2 rings (SSSR count). The molecule has 0 bridgehead atoms. The molecule has 1 heterocycles. The molecule has 2 N–H and O–H groups in total. The standard InChI is InChI=1S/C11H19N3O2.ClH/c1-8-11(16)13-4-5-14(8)10(15)7-12-6-9-2-3-9;/h8-9,12H,2-7H2,1H3,(H,13,16);1H. The maximum absolute atomic E-state index is 11.8. The van der Waals surface area contributed by atoms with Gasteiger partial charge in [0.2, 0.25) is 11.8 Å². The van der Waals surface area contributed by atoms with E-state index in [2.05, 4.69) is 10.6 Å². The van der Waals surface area contributed by atoms with E-state index < -0.39 is 0 Å². The van der Waals surface area contributed by atoms with Gasteiger partial charge in [0, 0.05) is 13.1 Å².